The van der Waals surface area contributed by atoms with E-state index in [1.165, 1.54) is 41.3 Å². The highest BCUT2D eigenvalue weighted by molar-refractivity contribution is 6.51. The largest absolute Gasteiger partial charge is 0.508 e. The molecule has 1 saturated heterocycles. The molecule has 0 saturated carbocycles. The summed E-state index contributed by atoms with van der Waals surface area (Å²) in [4.78, 5) is 27.5. The van der Waals surface area contributed by atoms with Crippen LogP contribution in [-0.2, 0) is 16.0 Å². The maximum Gasteiger partial charge on any atom is 0.300 e. The number of halogens is 1. The van der Waals surface area contributed by atoms with E-state index in [-0.39, 0.29) is 23.2 Å². The highest BCUT2D eigenvalue weighted by Gasteiger charge is 2.47. The van der Waals surface area contributed by atoms with Crippen LogP contribution in [0, 0.1) is 5.82 Å². The van der Waals surface area contributed by atoms with Crippen molar-refractivity contribution >= 4 is 23.1 Å². The van der Waals surface area contributed by atoms with Gasteiger partial charge in [-0.1, -0.05) is 12.1 Å². The van der Waals surface area contributed by atoms with Crippen molar-refractivity contribution < 1.29 is 28.9 Å². The third-order valence-electron chi connectivity index (χ3n) is 5.90. The summed E-state index contributed by atoms with van der Waals surface area (Å²) in [6.45, 7) is 1.94. The molecule has 0 spiro atoms. The number of amides is 1. The number of ketones is 1. The van der Waals surface area contributed by atoms with Crippen molar-refractivity contribution in [3.63, 3.8) is 0 Å². The summed E-state index contributed by atoms with van der Waals surface area (Å²) >= 11 is 0. The van der Waals surface area contributed by atoms with Gasteiger partial charge in [-0.05, 0) is 72.6 Å². The van der Waals surface area contributed by atoms with Gasteiger partial charge in [-0.2, -0.15) is 0 Å². The monoisotopic (exact) mass is 445 g/mol. The Bertz CT molecular complexity index is 1310. The van der Waals surface area contributed by atoms with Gasteiger partial charge < -0.3 is 14.9 Å². The predicted octanol–water partition coefficient (Wildman–Crippen LogP) is 4.48. The normalized spacial score (nSPS) is 21.2. The van der Waals surface area contributed by atoms with Crippen molar-refractivity contribution in [1.29, 1.82) is 0 Å². The second kappa shape index (κ2) is 7.78. The van der Waals surface area contributed by atoms with Gasteiger partial charge in [-0.25, -0.2) is 4.39 Å². The fourth-order valence-electron chi connectivity index (χ4n) is 4.44. The zero-order valence-corrected chi connectivity index (χ0v) is 17.7. The molecule has 2 aliphatic rings. The Labute approximate surface area is 189 Å². The van der Waals surface area contributed by atoms with Gasteiger partial charge in [0.2, 0.25) is 0 Å². The molecule has 2 aliphatic heterocycles. The minimum atomic E-state index is -1.01. The maximum atomic E-state index is 13.5. The Balaban J connectivity index is 1.69. The van der Waals surface area contributed by atoms with Crippen molar-refractivity contribution in [2.45, 2.75) is 25.5 Å². The third-order valence-corrected chi connectivity index (χ3v) is 5.90. The number of fused-ring (bicyclic) bond motifs is 1. The lowest BCUT2D eigenvalue weighted by Crippen LogP contribution is -2.29. The number of ether oxygens (including phenoxy) is 1. The van der Waals surface area contributed by atoms with Crippen molar-refractivity contribution in [2.24, 2.45) is 0 Å². The van der Waals surface area contributed by atoms with Gasteiger partial charge in [0.15, 0.2) is 0 Å². The Hall–Kier alpha value is -4.13. The summed E-state index contributed by atoms with van der Waals surface area (Å²) in [5, 5.41) is 21.3. The van der Waals surface area contributed by atoms with Gasteiger partial charge in [0.1, 0.15) is 29.2 Å². The van der Waals surface area contributed by atoms with Crippen molar-refractivity contribution in [3.8, 4) is 11.5 Å². The van der Waals surface area contributed by atoms with E-state index < -0.39 is 23.5 Å². The van der Waals surface area contributed by atoms with Crippen LogP contribution in [0.15, 0.2) is 72.3 Å². The number of carbonyl (C=O) groups excluding carboxylic acids is 2. The number of nitrogens with zero attached hydrogens (tertiary/aromatic N) is 1. The number of hydrogen-bond acceptors (Lipinski definition) is 5. The molecule has 1 amide bonds. The molecule has 1 fully saturated rings. The smallest absolute Gasteiger partial charge is 0.300 e. The molecule has 0 bridgehead atoms. The van der Waals surface area contributed by atoms with Gasteiger partial charge in [-0.3, -0.25) is 14.5 Å². The van der Waals surface area contributed by atoms with Crippen LogP contribution in [0.4, 0.5) is 10.1 Å². The zero-order valence-electron chi connectivity index (χ0n) is 17.7. The molecule has 6 nitrogen and oxygen atoms in total. The molecule has 166 valence electrons. The Morgan fingerprint density at radius 1 is 1.06 bits per heavy atom. The van der Waals surface area contributed by atoms with Crippen LogP contribution in [0.3, 0.4) is 0 Å². The maximum absolute atomic E-state index is 13.5. The molecular formula is C26H20FNO5. The summed E-state index contributed by atoms with van der Waals surface area (Å²) in [6, 6.07) is 15.4. The average molecular weight is 445 g/mol. The summed E-state index contributed by atoms with van der Waals surface area (Å²) in [6.07, 6.45) is 0.671. The van der Waals surface area contributed by atoms with Crippen LogP contribution in [0.25, 0.3) is 5.76 Å². The Kier molecular flexibility index (Phi) is 4.89. The lowest BCUT2D eigenvalue weighted by molar-refractivity contribution is -0.132. The summed E-state index contributed by atoms with van der Waals surface area (Å²) in [7, 11) is 0. The molecule has 5 rings (SSSR count). The van der Waals surface area contributed by atoms with E-state index in [1.807, 2.05) is 6.92 Å². The van der Waals surface area contributed by atoms with Gasteiger partial charge in [0, 0.05) is 17.7 Å². The Morgan fingerprint density at radius 2 is 1.82 bits per heavy atom. The van der Waals surface area contributed by atoms with Crippen LogP contribution in [-0.4, -0.2) is 28.0 Å². The Morgan fingerprint density at radius 3 is 2.55 bits per heavy atom. The number of carbonyl (C=O) groups is 2. The number of aromatic hydroxyl groups is 1. The molecule has 2 unspecified atom stereocenters. The number of benzene rings is 3. The topological polar surface area (TPSA) is 87.1 Å². The fraction of sp³-hybridized carbons (Fsp3) is 0.154. The number of aliphatic hydroxyl groups is 1. The number of hydrogen-bond donors (Lipinski definition) is 2. The van der Waals surface area contributed by atoms with Gasteiger partial charge in [0.05, 0.1) is 11.6 Å². The van der Waals surface area contributed by atoms with Crippen LogP contribution in [0.5, 0.6) is 11.5 Å². The predicted molar refractivity (Wildman–Crippen MR) is 120 cm³/mol. The first-order valence-electron chi connectivity index (χ1n) is 10.5. The molecular weight excluding hydrogens is 425 g/mol. The van der Waals surface area contributed by atoms with E-state index in [2.05, 4.69) is 0 Å². The number of phenols is 1. The van der Waals surface area contributed by atoms with Gasteiger partial charge >= 0.3 is 0 Å². The molecule has 7 heteroatoms. The molecule has 0 aromatic heterocycles. The molecule has 2 N–H and O–H groups in total. The van der Waals surface area contributed by atoms with Gasteiger partial charge in [0.25, 0.3) is 11.7 Å². The molecule has 2 atom stereocenters. The highest BCUT2D eigenvalue weighted by Crippen LogP contribution is 2.43. The first-order chi connectivity index (χ1) is 15.8. The van der Waals surface area contributed by atoms with Crippen molar-refractivity contribution in [3.05, 3.63) is 94.8 Å². The van der Waals surface area contributed by atoms with Crippen molar-refractivity contribution in [2.75, 3.05) is 4.90 Å². The lowest BCUT2D eigenvalue weighted by Gasteiger charge is -2.25. The highest BCUT2D eigenvalue weighted by atomic mass is 19.1. The SMILES string of the molecule is CC1Cc2cc(/C(O)=C3/C(=O)C(=O)N(c4ccc(F)cc4)C3c3cccc(O)c3)ccc2O1. The molecule has 0 aliphatic carbocycles. The standard InChI is InChI=1S/C26H20FNO5/c1-14-11-17-12-16(5-10-21(17)33-14)24(30)22-23(15-3-2-4-20(29)13-15)28(26(32)25(22)31)19-8-6-18(27)7-9-19/h2-10,12-14,23,29-30H,11H2,1H3/b24-22-. The van der Waals surface area contributed by atoms with Crippen LogP contribution < -0.4 is 9.64 Å². The molecule has 2 heterocycles. The summed E-state index contributed by atoms with van der Waals surface area (Å²) in [5.74, 6) is -1.87. The number of anilines is 1. The summed E-state index contributed by atoms with van der Waals surface area (Å²) < 4.78 is 19.2. The average Bonchev–Trinajstić information content (AvgIpc) is 3.29. The number of Topliss-reactive ketones (excluding diaryl/α,β-unsaturated/α-hetero) is 1. The number of aliphatic hydroxyl groups excluding tert-OH is 1. The van der Waals surface area contributed by atoms with E-state index >= 15 is 0 Å². The lowest BCUT2D eigenvalue weighted by atomic mass is 9.94. The van der Waals surface area contributed by atoms with Crippen LogP contribution in [0.2, 0.25) is 0 Å². The first-order valence-corrected chi connectivity index (χ1v) is 10.5. The molecule has 33 heavy (non-hydrogen) atoms. The fourth-order valence-corrected chi connectivity index (χ4v) is 4.44. The van der Waals surface area contributed by atoms with E-state index in [4.69, 9.17) is 4.74 Å². The van der Waals surface area contributed by atoms with E-state index in [0.29, 0.717) is 23.2 Å². The third kappa shape index (κ3) is 3.51. The number of phenolic OH excluding ortho intramolecular Hbond substituents is 1. The van der Waals surface area contributed by atoms with Crippen LogP contribution in [0.1, 0.15) is 29.7 Å². The van der Waals surface area contributed by atoms with E-state index in [0.717, 1.165) is 11.3 Å². The zero-order chi connectivity index (χ0) is 23.3. The van der Waals surface area contributed by atoms with Gasteiger partial charge in [-0.15, -0.1) is 0 Å². The second-order valence-corrected chi connectivity index (χ2v) is 8.20. The van der Waals surface area contributed by atoms with E-state index in [9.17, 15) is 24.2 Å². The minimum Gasteiger partial charge on any atom is -0.508 e. The molecule has 0 radical (unpaired) electrons. The summed E-state index contributed by atoms with van der Waals surface area (Å²) in [5.41, 5.74) is 1.89. The molecule has 3 aromatic rings. The van der Waals surface area contributed by atoms with Crippen LogP contribution >= 0.6 is 0 Å². The van der Waals surface area contributed by atoms with E-state index in [1.54, 1.807) is 30.3 Å². The first kappa shape index (κ1) is 20.8. The number of rotatable bonds is 3. The van der Waals surface area contributed by atoms with Crippen molar-refractivity contribution in [1.82, 2.24) is 0 Å². The molecule has 3 aromatic carbocycles. The minimum absolute atomic E-state index is 0.00810. The second-order valence-electron chi connectivity index (χ2n) is 8.20. The quantitative estimate of drug-likeness (QED) is 0.353.